The second kappa shape index (κ2) is 9.93. The highest BCUT2D eigenvalue weighted by Gasteiger charge is 2.07. The monoisotopic (exact) mass is 475 g/mol. The van der Waals surface area contributed by atoms with Crippen LogP contribution in [-0.4, -0.2) is 22.0 Å². The average molecular weight is 477 g/mol. The molecular weight excluding hydrogens is 458 g/mol. The first-order chi connectivity index (χ1) is 13.6. The lowest BCUT2D eigenvalue weighted by atomic mass is 10.1. The molecule has 3 N–H and O–H groups in total. The Bertz CT molecular complexity index is 1060. The first kappa shape index (κ1) is 20.7. The summed E-state index contributed by atoms with van der Waals surface area (Å²) in [6, 6.07) is 11.8. The summed E-state index contributed by atoms with van der Waals surface area (Å²) in [5, 5.41) is 8.17. The number of pyridine rings is 2. The van der Waals surface area contributed by atoms with Crippen LogP contribution in [0.3, 0.4) is 0 Å². The molecule has 0 amide bonds. The van der Waals surface area contributed by atoms with Gasteiger partial charge in [0.1, 0.15) is 5.15 Å². The van der Waals surface area contributed by atoms with Crippen LogP contribution in [-0.2, 0) is 6.54 Å². The Morgan fingerprint density at radius 3 is 2.75 bits per heavy atom. The van der Waals surface area contributed by atoms with Gasteiger partial charge in [-0.2, -0.15) is 0 Å². The van der Waals surface area contributed by atoms with E-state index in [1.807, 2.05) is 31.4 Å². The van der Waals surface area contributed by atoms with Crippen LogP contribution >= 0.6 is 40.2 Å². The number of anilines is 2. The molecule has 0 atom stereocenters. The Balaban J connectivity index is 0.000000271. The number of hydrogen-bond donors (Lipinski definition) is 4. The zero-order valence-electron chi connectivity index (χ0n) is 15.1. The summed E-state index contributed by atoms with van der Waals surface area (Å²) in [5.74, 6) is 0. The maximum absolute atomic E-state index is 6.00. The molecule has 28 heavy (non-hydrogen) atoms. The molecule has 3 heterocycles. The molecule has 4 rings (SSSR count). The predicted octanol–water partition coefficient (Wildman–Crippen LogP) is 5.81. The molecule has 0 saturated carbocycles. The van der Waals surface area contributed by atoms with Gasteiger partial charge in [0, 0.05) is 52.8 Å². The van der Waals surface area contributed by atoms with Crippen molar-refractivity contribution in [3.05, 3.63) is 76.4 Å². The molecule has 0 bridgehead atoms. The zero-order chi connectivity index (χ0) is 19.9. The highest BCUT2D eigenvalue weighted by atomic mass is 79.9. The lowest BCUT2D eigenvalue weighted by Crippen LogP contribution is -2.03. The van der Waals surface area contributed by atoms with Crippen LogP contribution in [0.25, 0.3) is 10.9 Å². The molecule has 3 aromatic heterocycles. The first-order valence-electron chi connectivity index (χ1n) is 8.49. The van der Waals surface area contributed by atoms with Crippen molar-refractivity contribution in [2.24, 2.45) is 0 Å². The molecule has 0 radical (unpaired) electrons. The van der Waals surface area contributed by atoms with Crippen molar-refractivity contribution in [3.63, 3.8) is 0 Å². The lowest BCUT2D eigenvalue weighted by Gasteiger charge is -2.09. The van der Waals surface area contributed by atoms with E-state index in [9.17, 15) is 0 Å². The lowest BCUT2D eigenvalue weighted by molar-refractivity contribution is 0.823. The number of benzene rings is 1. The van der Waals surface area contributed by atoms with Crippen LogP contribution in [0.2, 0.25) is 5.15 Å². The van der Waals surface area contributed by atoms with Crippen molar-refractivity contribution in [3.8, 4) is 0 Å². The molecule has 0 spiro atoms. The quantitative estimate of drug-likeness (QED) is 0.222. The van der Waals surface area contributed by atoms with Crippen LogP contribution in [0.1, 0.15) is 5.56 Å². The summed E-state index contributed by atoms with van der Waals surface area (Å²) >= 11 is 13.5. The molecule has 0 aliphatic rings. The average Bonchev–Trinajstić information content (AvgIpc) is 3.09. The summed E-state index contributed by atoms with van der Waals surface area (Å²) in [4.78, 5) is 12.0. The number of aromatic amines is 1. The van der Waals surface area contributed by atoms with Gasteiger partial charge in [-0.25, -0.2) is 4.98 Å². The van der Waals surface area contributed by atoms with Gasteiger partial charge >= 0.3 is 0 Å². The number of halogens is 2. The highest BCUT2D eigenvalue weighted by molar-refractivity contribution is 9.10. The van der Waals surface area contributed by atoms with Crippen molar-refractivity contribution >= 4 is 62.4 Å². The molecule has 0 unspecified atom stereocenters. The number of H-pyrrole nitrogens is 1. The molecule has 144 valence electrons. The second-order valence-electron chi connectivity index (χ2n) is 5.90. The molecule has 4 aromatic rings. The van der Waals surface area contributed by atoms with Gasteiger partial charge in [0.05, 0.1) is 10.2 Å². The molecule has 0 saturated heterocycles. The molecule has 1 aromatic carbocycles. The third-order valence-corrected chi connectivity index (χ3v) is 5.49. The summed E-state index contributed by atoms with van der Waals surface area (Å²) in [6.45, 7) is 0.846. The van der Waals surface area contributed by atoms with Crippen LogP contribution in [0.15, 0.2) is 70.6 Å². The van der Waals surface area contributed by atoms with Gasteiger partial charge in [0.2, 0.25) is 0 Å². The third-order valence-electron chi connectivity index (χ3n) is 3.91. The standard InChI is InChI=1S/C15H14BrClN4.C5H5NS/c1-18-7-9-8-20-13-6-10(2-3-11(9)13)21-12-4-5-19-15(17)14(12)16;7-5-2-1-3-6-4-5/h2-6,8,18,20H,7H2,1H3,(H,19,21);1-4,7H. The van der Waals surface area contributed by atoms with Crippen LogP contribution in [0.5, 0.6) is 0 Å². The van der Waals surface area contributed by atoms with Gasteiger partial charge in [-0.05, 0) is 58.9 Å². The van der Waals surface area contributed by atoms with Crippen LogP contribution in [0, 0.1) is 0 Å². The van der Waals surface area contributed by atoms with Crippen molar-refractivity contribution < 1.29 is 0 Å². The van der Waals surface area contributed by atoms with Gasteiger partial charge in [-0.3, -0.25) is 4.98 Å². The Morgan fingerprint density at radius 2 is 2.07 bits per heavy atom. The Kier molecular flexibility index (Phi) is 7.33. The minimum atomic E-state index is 0.442. The predicted molar refractivity (Wildman–Crippen MR) is 123 cm³/mol. The topological polar surface area (TPSA) is 65.6 Å². The number of hydrogen-bond acceptors (Lipinski definition) is 5. The van der Waals surface area contributed by atoms with E-state index >= 15 is 0 Å². The number of rotatable bonds is 4. The number of aromatic nitrogens is 3. The molecule has 5 nitrogen and oxygen atoms in total. The van der Waals surface area contributed by atoms with E-state index in [0.29, 0.717) is 5.15 Å². The molecule has 0 fully saturated rings. The minimum Gasteiger partial charge on any atom is -0.361 e. The first-order valence-corrected chi connectivity index (χ1v) is 10.1. The van der Waals surface area contributed by atoms with Gasteiger partial charge in [0.15, 0.2) is 0 Å². The van der Waals surface area contributed by atoms with E-state index in [1.165, 1.54) is 10.9 Å². The second-order valence-corrected chi connectivity index (χ2v) is 7.57. The van der Waals surface area contributed by atoms with Gasteiger partial charge in [0.25, 0.3) is 0 Å². The number of thiol groups is 1. The summed E-state index contributed by atoms with van der Waals surface area (Å²) in [5.41, 5.74) is 4.23. The van der Waals surface area contributed by atoms with E-state index in [4.69, 9.17) is 11.6 Å². The Labute approximate surface area is 182 Å². The van der Waals surface area contributed by atoms with Gasteiger partial charge < -0.3 is 15.6 Å². The Morgan fingerprint density at radius 1 is 1.21 bits per heavy atom. The van der Waals surface area contributed by atoms with Gasteiger partial charge in [-0.1, -0.05) is 17.7 Å². The SMILES string of the molecule is CNCc1c[nH]c2cc(Nc3ccnc(Cl)c3Br)ccc12.Sc1cccnc1. The largest absolute Gasteiger partial charge is 0.361 e. The number of nitrogens with one attached hydrogen (secondary N) is 3. The highest BCUT2D eigenvalue weighted by Crippen LogP contribution is 2.31. The van der Waals surface area contributed by atoms with E-state index in [0.717, 1.165) is 32.8 Å². The minimum absolute atomic E-state index is 0.442. The van der Waals surface area contributed by atoms with Crippen LogP contribution < -0.4 is 10.6 Å². The molecule has 8 heteroatoms. The smallest absolute Gasteiger partial charge is 0.145 e. The summed E-state index contributed by atoms with van der Waals surface area (Å²) < 4.78 is 0.758. The van der Waals surface area contributed by atoms with Crippen molar-refractivity contribution in [1.29, 1.82) is 0 Å². The van der Waals surface area contributed by atoms with Gasteiger partial charge in [-0.15, -0.1) is 12.6 Å². The van der Waals surface area contributed by atoms with E-state index in [2.05, 4.69) is 72.3 Å². The zero-order valence-corrected chi connectivity index (χ0v) is 18.3. The molecule has 0 aliphatic carbocycles. The summed E-state index contributed by atoms with van der Waals surface area (Å²) in [7, 11) is 1.94. The fourth-order valence-corrected chi connectivity index (χ4v) is 3.27. The van der Waals surface area contributed by atoms with E-state index in [-0.39, 0.29) is 0 Å². The van der Waals surface area contributed by atoms with Crippen LogP contribution in [0.4, 0.5) is 11.4 Å². The fourth-order valence-electron chi connectivity index (χ4n) is 2.62. The van der Waals surface area contributed by atoms with Crippen molar-refractivity contribution in [2.45, 2.75) is 11.4 Å². The molecular formula is C20H19BrClN5S. The number of fused-ring (bicyclic) bond motifs is 1. The molecule has 0 aliphatic heterocycles. The summed E-state index contributed by atoms with van der Waals surface area (Å²) in [6.07, 6.45) is 7.13. The fraction of sp³-hybridized carbons (Fsp3) is 0.100. The third kappa shape index (κ3) is 5.26. The Hall–Kier alpha value is -2.06. The normalized spacial score (nSPS) is 10.4. The number of nitrogens with zero attached hydrogens (tertiary/aromatic N) is 2. The maximum atomic E-state index is 6.00. The van der Waals surface area contributed by atoms with E-state index in [1.54, 1.807) is 18.6 Å². The van der Waals surface area contributed by atoms with Crippen molar-refractivity contribution in [2.75, 3.05) is 12.4 Å². The van der Waals surface area contributed by atoms with E-state index < -0.39 is 0 Å². The van der Waals surface area contributed by atoms with Crippen molar-refractivity contribution in [1.82, 2.24) is 20.3 Å². The maximum Gasteiger partial charge on any atom is 0.145 e.